The third-order valence-electron chi connectivity index (χ3n) is 4.46. The van der Waals surface area contributed by atoms with Gasteiger partial charge in [0.1, 0.15) is 6.04 Å². The monoisotopic (exact) mass is 268 g/mol. The lowest BCUT2D eigenvalue weighted by molar-refractivity contribution is -0.148. The van der Waals surface area contributed by atoms with Gasteiger partial charge in [0.15, 0.2) is 0 Å². The molecule has 0 aromatic rings. The lowest BCUT2D eigenvalue weighted by Gasteiger charge is -2.29. The zero-order chi connectivity index (χ0) is 13.8. The van der Waals surface area contributed by atoms with Crippen LogP contribution in [0, 0.1) is 5.92 Å². The van der Waals surface area contributed by atoms with Crippen LogP contribution >= 0.6 is 0 Å². The number of piperidine rings is 1. The Morgan fingerprint density at radius 1 is 1.16 bits per heavy atom. The molecule has 1 amide bonds. The second-order valence-corrected chi connectivity index (χ2v) is 5.87. The van der Waals surface area contributed by atoms with Crippen molar-refractivity contribution in [3.63, 3.8) is 0 Å². The highest BCUT2D eigenvalue weighted by Gasteiger charge is 2.33. The van der Waals surface area contributed by atoms with E-state index in [9.17, 15) is 9.59 Å². The fraction of sp³-hybridized carbons (Fsp3) is 0.857. The zero-order valence-electron chi connectivity index (χ0n) is 11.7. The van der Waals surface area contributed by atoms with Crippen LogP contribution in [0.25, 0.3) is 0 Å². The molecule has 2 saturated heterocycles. The van der Waals surface area contributed by atoms with Gasteiger partial charge in [-0.25, -0.2) is 4.79 Å². The highest BCUT2D eigenvalue weighted by molar-refractivity contribution is 5.84. The van der Waals surface area contributed by atoms with Crippen molar-refractivity contribution < 1.29 is 14.7 Å². The summed E-state index contributed by atoms with van der Waals surface area (Å²) in [6.07, 6.45) is 5.16. The summed E-state index contributed by atoms with van der Waals surface area (Å²) in [6, 6.07) is -0.579. The van der Waals surface area contributed by atoms with Crippen LogP contribution < -0.4 is 0 Å². The first-order valence-electron chi connectivity index (χ1n) is 7.28. The molecule has 0 aromatic carbocycles. The molecule has 2 aliphatic heterocycles. The summed E-state index contributed by atoms with van der Waals surface area (Å²) in [6.45, 7) is 2.84. The quantitative estimate of drug-likeness (QED) is 0.832. The number of rotatable bonds is 4. The van der Waals surface area contributed by atoms with E-state index in [0.717, 1.165) is 38.8 Å². The van der Waals surface area contributed by atoms with E-state index in [0.29, 0.717) is 25.3 Å². The summed E-state index contributed by atoms with van der Waals surface area (Å²) in [5, 5.41) is 9.08. The van der Waals surface area contributed by atoms with E-state index in [2.05, 4.69) is 11.9 Å². The molecular weight excluding hydrogens is 244 g/mol. The summed E-state index contributed by atoms with van der Waals surface area (Å²) in [7, 11) is 2.13. The molecule has 108 valence electrons. The van der Waals surface area contributed by atoms with Crippen molar-refractivity contribution in [3.8, 4) is 0 Å². The Balaban J connectivity index is 1.76. The van der Waals surface area contributed by atoms with Gasteiger partial charge < -0.3 is 14.9 Å². The molecule has 0 unspecified atom stereocenters. The van der Waals surface area contributed by atoms with E-state index in [1.165, 1.54) is 0 Å². The largest absolute Gasteiger partial charge is 0.480 e. The molecule has 5 heteroatoms. The summed E-state index contributed by atoms with van der Waals surface area (Å²) in [4.78, 5) is 27.1. The Hall–Kier alpha value is -1.10. The Bertz CT molecular complexity index is 338. The molecule has 1 N–H and O–H groups in total. The van der Waals surface area contributed by atoms with Crippen LogP contribution in [0.5, 0.6) is 0 Å². The number of amides is 1. The molecule has 2 fully saturated rings. The Labute approximate surface area is 114 Å². The van der Waals surface area contributed by atoms with Gasteiger partial charge in [-0.2, -0.15) is 0 Å². The fourth-order valence-corrected chi connectivity index (χ4v) is 3.14. The molecule has 19 heavy (non-hydrogen) atoms. The summed E-state index contributed by atoms with van der Waals surface area (Å²) in [5.74, 6) is -0.194. The van der Waals surface area contributed by atoms with Crippen molar-refractivity contribution in [2.24, 2.45) is 5.92 Å². The van der Waals surface area contributed by atoms with Crippen LogP contribution in [0.4, 0.5) is 0 Å². The SMILES string of the molecule is CN1CCC(CCC(=O)N2CCC[C@H]2C(=O)O)CC1. The first-order valence-corrected chi connectivity index (χ1v) is 7.28. The van der Waals surface area contributed by atoms with Crippen LogP contribution in [0.15, 0.2) is 0 Å². The maximum Gasteiger partial charge on any atom is 0.326 e. The standard InChI is InChI=1S/C14H24N2O3/c1-15-9-6-11(7-10-15)4-5-13(17)16-8-2-3-12(16)14(18)19/h11-12H,2-10H2,1H3,(H,18,19)/t12-/m0/s1. The number of carboxylic acids is 1. The highest BCUT2D eigenvalue weighted by Crippen LogP contribution is 2.24. The van der Waals surface area contributed by atoms with Gasteiger partial charge in [0.25, 0.3) is 0 Å². The minimum absolute atomic E-state index is 0.0313. The first kappa shape index (κ1) is 14.3. The Kier molecular flexibility index (Phi) is 4.80. The van der Waals surface area contributed by atoms with Crippen LogP contribution in [-0.2, 0) is 9.59 Å². The van der Waals surface area contributed by atoms with E-state index in [1.807, 2.05) is 0 Å². The maximum absolute atomic E-state index is 12.1. The summed E-state index contributed by atoms with van der Waals surface area (Å²) < 4.78 is 0. The van der Waals surface area contributed by atoms with Crippen molar-refractivity contribution in [3.05, 3.63) is 0 Å². The summed E-state index contributed by atoms with van der Waals surface area (Å²) >= 11 is 0. The van der Waals surface area contributed by atoms with Crippen LogP contribution in [0.2, 0.25) is 0 Å². The lowest BCUT2D eigenvalue weighted by Crippen LogP contribution is -2.40. The smallest absolute Gasteiger partial charge is 0.326 e. The van der Waals surface area contributed by atoms with Crippen molar-refractivity contribution in [2.75, 3.05) is 26.7 Å². The van der Waals surface area contributed by atoms with Crippen LogP contribution in [-0.4, -0.2) is 59.5 Å². The molecule has 2 aliphatic rings. The van der Waals surface area contributed by atoms with Crippen molar-refractivity contribution in [1.29, 1.82) is 0 Å². The maximum atomic E-state index is 12.1. The first-order chi connectivity index (χ1) is 9.08. The second-order valence-electron chi connectivity index (χ2n) is 5.87. The fourth-order valence-electron chi connectivity index (χ4n) is 3.14. The van der Waals surface area contributed by atoms with Crippen molar-refractivity contribution in [1.82, 2.24) is 9.80 Å². The normalized spacial score (nSPS) is 25.7. The van der Waals surface area contributed by atoms with Gasteiger partial charge in [-0.15, -0.1) is 0 Å². The van der Waals surface area contributed by atoms with Crippen molar-refractivity contribution in [2.45, 2.75) is 44.6 Å². The minimum atomic E-state index is -0.856. The van der Waals surface area contributed by atoms with Gasteiger partial charge >= 0.3 is 5.97 Å². The van der Waals surface area contributed by atoms with E-state index < -0.39 is 12.0 Å². The van der Waals surface area contributed by atoms with Gasteiger partial charge in [-0.3, -0.25) is 4.79 Å². The highest BCUT2D eigenvalue weighted by atomic mass is 16.4. The number of aliphatic carboxylic acids is 1. The predicted molar refractivity (Wildman–Crippen MR) is 71.8 cm³/mol. The minimum Gasteiger partial charge on any atom is -0.480 e. The zero-order valence-corrected chi connectivity index (χ0v) is 11.7. The third-order valence-corrected chi connectivity index (χ3v) is 4.46. The number of hydrogen-bond acceptors (Lipinski definition) is 3. The van der Waals surface area contributed by atoms with Gasteiger partial charge in [0.2, 0.25) is 5.91 Å². The molecule has 2 heterocycles. The van der Waals surface area contributed by atoms with Crippen LogP contribution in [0.3, 0.4) is 0 Å². The number of nitrogens with zero attached hydrogens (tertiary/aromatic N) is 2. The number of carboxylic acid groups (broad SMARTS) is 1. The molecule has 0 spiro atoms. The number of carbonyl (C=O) groups excluding carboxylic acids is 1. The Morgan fingerprint density at radius 2 is 1.84 bits per heavy atom. The molecule has 1 atom stereocenters. The summed E-state index contributed by atoms with van der Waals surface area (Å²) in [5.41, 5.74) is 0. The molecule has 0 saturated carbocycles. The molecule has 2 rings (SSSR count). The average molecular weight is 268 g/mol. The second kappa shape index (κ2) is 6.37. The van der Waals surface area contributed by atoms with Gasteiger partial charge in [-0.1, -0.05) is 0 Å². The molecule has 0 aliphatic carbocycles. The van der Waals surface area contributed by atoms with E-state index in [1.54, 1.807) is 4.90 Å². The van der Waals surface area contributed by atoms with Crippen LogP contribution in [0.1, 0.15) is 38.5 Å². The number of hydrogen-bond donors (Lipinski definition) is 1. The lowest BCUT2D eigenvalue weighted by atomic mass is 9.92. The van der Waals surface area contributed by atoms with Gasteiger partial charge in [0, 0.05) is 13.0 Å². The van der Waals surface area contributed by atoms with Gasteiger partial charge in [-0.05, 0) is 58.2 Å². The predicted octanol–water partition coefficient (Wildman–Crippen LogP) is 1.18. The van der Waals surface area contributed by atoms with E-state index >= 15 is 0 Å². The van der Waals surface area contributed by atoms with Crippen molar-refractivity contribution >= 4 is 11.9 Å². The van der Waals surface area contributed by atoms with Gasteiger partial charge in [0.05, 0.1) is 0 Å². The molecule has 0 aromatic heterocycles. The molecule has 0 bridgehead atoms. The molecule has 5 nitrogen and oxygen atoms in total. The molecular formula is C14H24N2O3. The Morgan fingerprint density at radius 3 is 2.47 bits per heavy atom. The topological polar surface area (TPSA) is 60.9 Å². The van der Waals surface area contributed by atoms with E-state index in [4.69, 9.17) is 5.11 Å². The van der Waals surface area contributed by atoms with E-state index in [-0.39, 0.29) is 5.91 Å². The number of likely N-dealkylation sites (tertiary alicyclic amines) is 2. The number of carbonyl (C=O) groups is 2. The molecule has 0 radical (unpaired) electrons. The third kappa shape index (κ3) is 3.69. The average Bonchev–Trinajstić information content (AvgIpc) is 2.87.